The van der Waals surface area contributed by atoms with Crippen LogP contribution < -0.4 is 0 Å². The molecule has 0 unspecified atom stereocenters. The fourth-order valence-electron chi connectivity index (χ4n) is 2.40. The summed E-state index contributed by atoms with van der Waals surface area (Å²) in [6.45, 7) is 5.32. The summed E-state index contributed by atoms with van der Waals surface area (Å²) in [4.78, 5) is 19.2. The zero-order valence-corrected chi connectivity index (χ0v) is 13.3. The van der Waals surface area contributed by atoms with Gasteiger partial charge in [0.25, 0.3) is 0 Å². The first-order valence-electron chi connectivity index (χ1n) is 7.40. The number of nitrogens with zero attached hydrogens (tertiary/aromatic N) is 2. The van der Waals surface area contributed by atoms with Crippen molar-refractivity contribution in [3.8, 4) is 0 Å². The normalized spacial score (nSPS) is 17.3. The molecule has 0 radical (unpaired) electrons. The third-order valence-electron chi connectivity index (χ3n) is 3.48. The van der Waals surface area contributed by atoms with Gasteiger partial charge in [0.05, 0.1) is 12.3 Å². The molecule has 0 fully saturated rings. The molecule has 114 valence electrons. The molecule has 1 amide bonds. The average Bonchev–Trinajstić information content (AvgIpc) is 2.95. The molecular weight excluding hydrogens is 288 g/mol. The Morgan fingerprint density at radius 3 is 2.71 bits per heavy atom. The molecule has 21 heavy (non-hydrogen) atoms. The van der Waals surface area contributed by atoms with E-state index in [2.05, 4.69) is 12.1 Å². The van der Waals surface area contributed by atoms with E-state index in [1.165, 1.54) is 0 Å². The summed E-state index contributed by atoms with van der Waals surface area (Å²) < 4.78 is 0. The lowest BCUT2D eigenvalue weighted by molar-refractivity contribution is -0.132. The van der Waals surface area contributed by atoms with Crippen molar-refractivity contribution in [2.45, 2.75) is 39.2 Å². The van der Waals surface area contributed by atoms with E-state index in [4.69, 9.17) is 16.4 Å². The van der Waals surface area contributed by atoms with Crippen molar-refractivity contribution in [1.29, 1.82) is 0 Å². The quantitative estimate of drug-likeness (QED) is 0.807. The minimum atomic E-state index is -0.0577. The summed E-state index contributed by atoms with van der Waals surface area (Å²) in [7, 11) is 0. The van der Waals surface area contributed by atoms with Crippen LogP contribution >= 0.6 is 11.6 Å². The molecule has 0 N–H and O–H groups in total. The van der Waals surface area contributed by atoms with Crippen LogP contribution in [-0.4, -0.2) is 35.7 Å². The molecule has 4 nitrogen and oxygen atoms in total. The van der Waals surface area contributed by atoms with E-state index in [1.54, 1.807) is 0 Å². The van der Waals surface area contributed by atoms with Crippen molar-refractivity contribution in [1.82, 2.24) is 4.90 Å². The Kier molecular flexibility index (Phi) is 5.62. The van der Waals surface area contributed by atoms with E-state index in [9.17, 15) is 4.79 Å². The van der Waals surface area contributed by atoms with Gasteiger partial charge in [0.2, 0.25) is 5.91 Å². The lowest BCUT2D eigenvalue weighted by atomic mass is 10.0. The Morgan fingerprint density at radius 2 is 2.10 bits per heavy atom. The molecule has 1 aromatic carbocycles. The monoisotopic (exact) mass is 308 g/mol. The van der Waals surface area contributed by atoms with E-state index in [-0.39, 0.29) is 12.0 Å². The highest BCUT2D eigenvalue weighted by Gasteiger charge is 2.25. The summed E-state index contributed by atoms with van der Waals surface area (Å²) in [5.74, 6) is 0.167. The van der Waals surface area contributed by atoms with E-state index in [0.29, 0.717) is 18.0 Å². The van der Waals surface area contributed by atoms with Gasteiger partial charge in [-0.2, -0.15) is 0 Å². The van der Waals surface area contributed by atoms with Gasteiger partial charge in [-0.15, -0.1) is 0 Å². The first-order valence-corrected chi connectivity index (χ1v) is 7.78. The summed E-state index contributed by atoms with van der Waals surface area (Å²) >= 11 is 5.89. The molecule has 1 heterocycles. The summed E-state index contributed by atoms with van der Waals surface area (Å²) in [5.41, 5.74) is 1.93. The maximum Gasteiger partial charge on any atom is 0.222 e. The van der Waals surface area contributed by atoms with Gasteiger partial charge in [-0.25, -0.2) is 0 Å². The zero-order valence-electron chi connectivity index (χ0n) is 12.5. The number of carbonyl (C=O) groups excluding carboxylic acids is 1. The van der Waals surface area contributed by atoms with Gasteiger partial charge >= 0.3 is 0 Å². The van der Waals surface area contributed by atoms with Gasteiger partial charge in [0, 0.05) is 24.4 Å². The first kappa shape index (κ1) is 15.8. The van der Waals surface area contributed by atoms with Crippen LogP contribution in [0.4, 0.5) is 0 Å². The Morgan fingerprint density at radius 1 is 1.38 bits per heavy atom. The highest BCUT2D eigenvalue weighted by Crippen LogP contribution is 2.19. The van der Waals surface area contributed by atoms with Crippen LogP contribution in [0, 0.1) is 0 Å². The highest BCUT2D eigenvalue weighted by molar-refractivity contribution is 6.30. The summed E-state index contributed by atoms with van der Waals surface area (Å²) in [6.07, 6.45) is 2.14. The van der Waals surface area contributed by atoms with Crippen LogP contribution in [0.3, 0.4) is 0 Å². The minimum absolute atomic E-state index is 0.0577. The van der Waals surface area contributed by atoms with Crippen LogP contribution in [0.2, 0.25) is 5.02 Å². The van der Waals surface area contributed by atoms with Gasteiger partial charge in [0.15, 0.2) is 6.10 Å². The fraction of sp³-hybridized carbons (Fsp3) is 0.500. The fourth-order valence-corrected chi connectivity index (χ4v) is 2.52. The number of carbonyl (C=O) groups is 1. The van der Waals surface area contributed by atoms with Gasteiger partial charge in [-0.05, 0) is 24.1 Å². The molecule has 0 aliphatic carbocycles. The Balaban J connectivity index is 1.94. The molecule has 1 aliphatic heterocycles. The van der Waals surface area contributed by atoms with E-state index < -0.39 is 0 Å². The number of benzene rings is 1. The van der Waals surface area contributed by atoms with Crippen molar-refractivity contribution < 1.29 is 9.63 Å². The Bertz CT molecular complexity index is 514. The number of oxime groups is 1. The second kappa shape index (κ2) is 7.46. The topological polar surface area (TPSA) is 41.9 Å². The summed E-state index contributed by atoms with van der Waals surface area (Å²) in [6, 6.07) is 7.56. The van der Waals surface area contributed by atoms with E-state index in [1.807, 2.05) is 36.1 Å². The lowest BCUT2D eigenvalue weighted by Crippen LogP contribution is -2.37. The number of hydrogen-bond donors (Lipinski definition) is 0. The standard InChI is InChI=1S/C16H21ClN2O2/c1-3-9-19(16(20)4-2)11-14-10-15(18-21-14)12-5-7-13(17)8-6-12/h5-8,14H,3-4,9-11H2,1-2H3/t14-/m0/s1. The summed E-state index contributed by atoms with van der Waals surface area (Å²) in [5, 5.41) is 4.86. The number of amides is 1. The molecule has 0 spiro atoms. The van der Waals surface area contributed by atoms with Gasteiger partial charge in [0.1, 0.15) is 0 Å². The van der Waals surface area contributed by atoms with Crippen LogP contribution in [0.5, 0.6) is 0 Å². The highest BCUT2D eigenvalue weighted by atomic mass is 35.5. The maximum atomic E-state index is 11.9. The third kappa shape index (κ3) is 4.21. The number of hydrogen-bond acceptors (Lipinski definition) is 3. The van der Waals surface area contributed by atoms with E-state index >= 15 is 0 Å². The molecule has 0 aromatic heterocycles. The van der Waals surface area contributed by atoms with Crippen molar-refractivity contribution in [2.75, 3.05) is 13.1 Å². The van der Waals surface area contributed by atoms with Crippen molar-refractivity contribution in [3.63, 3.8) is 0 Å². The first-order chi connectivity index (χ1) is 10.1. The lowest BCUT2D eigenvalue weighted by Gasteiger charge is -2.23. The third-order valence-corrected chi connectivity index (χ3v) is 3.74. The predicted octanol–water partition coefficient (Wildman–Crippen LogP) is 3.48. The Hall–Kier alpha value is -1.55. The van der Waals surface area contributed by atoms with Crippen LogP contribution in [0.25, 0.3) is 0 Å². The number of rotatable bonds is 6. The molecule has 0 bridgehead atoms. The molecule has 1 atom stereocenters. The van der Waals surface area contributed by atoms with Crippen LogP contribution in [0.1, 0.15) is 38.7 Å². The largest absolute Gasteiger partial charge is 0.390 e. The molecule has 0 saturated carbocycles. The second-order valence-corrected chi connectivity index (χ2v) is 5.61. The molecule has 2 rings (SSSR count). The minimum Gasteiger partial charge on any atom is -0.390 e. The van der Waals surface area contributed by atoms with Crippen molar-refractivity contribution in [3.05, 3.63) is 34.9 Å². The molecule has 5 heteroatoms. The second-order valence-electron chi connectivity index (χ2n) is 5.17. The van der Waals surface area contributed by atoms with Gasteiger partial charge in [-0.3, -0.25) is 4.79 Å². The Labute approximate surface area is 130 Å². The molecule has 1 aromatic rings. The van der Waals surface area contributed by atoms with Crippen molar-refractivity contribution in [2.24, 2.45) is 5.16 Å². The smallest absolute Gasteiger partial charge is 0.222 e. The maximum absolute atomic E-state index is 11.9. The zero-order chi connectivity index (χ0) is 15.2. The predicted molar refractivity (Wildman–Crippen MR) is 84.6 cm³/mol. The van der Waals surface area contributed by atoms with Crippen LogP contribution in [-0.2, 0) is 9.63 Å². The molecule has 0 saturated heterocycles. The van der Waals surface area contributed by atoms with Gasteiger partial charge in [-0.1, -0.05) is 42.7 Å². The van der Waals surface area contributed by atoms with Crippen LogP contribution in [0.15, 0.2) is 29.4 Å². The van der Waals surface area contributed by atoms with Crippen molar-refractivity contribution >= 4 is 23.2 Å². The SMILES string of the molecule is CCCN(C[C@@H]1CC(c2ccc(Cl)cc2)=NO1)C(=O)CC. The molecule has 1 aliphatic rings. The van der Waals surface area contributed by atoms with Gasteiger partial charge < -0.3 is 9.74 Å². The molecular formula is C16H21ClN2O2. The number of halogens is 1. The van der Waals surface area contributed by atoms with E-state index in [0.717, 1.165) is 30.7 Å². The average molecular weight is 309 g/mol.